The van der Waals surface area contributed by atoms with Crippen LogP contribution in [0.2, 0.25) is 5.02 Å². The van der Waals surface area contributed by atoms with Crippen LogP contribution in [-0.4, -0.2) is 11.2 Å². The molecular weight excluding hydrogens is 193 g/mol. The highest BCUT2D eigenvalue weighted by Crippen LogP contribution is 2.21. The summed E-state index contributed by atoms with van der Waals surface area (Å²) in [5.74, 6) is -0.485. The van der Waals surface area contributed by atoms with Crippen molar-refractivity contribution in [2.24, 2.45) is 5.73 Å². The van der Waals surface area contributed by atoms with Gasteiger partial charge in [0.05, 0.1) is 12.1 Å². The summed E-state index contributed by atoms with van der Waals surface area (Å²) in [7, 11) is 0. The standard InChI is InChI=1S/C9H11ClFNO/c1-5(13)9(12)7-3-2-6(10)4-8(7)11/h2-5,9,13H,12H2,1H3/t5-,9+/m1/s1. The lowest BCUT2D eigenvalue weighted by atomic mass is 10.0. The molecule has 0 amide bonds. The SMILES string of the molecule is C[C@@H](O)[C@H](N)c1ccc(Cl)cc1F. The summed E-state index contributed by atoms with van der Waals surface area (Å²) >= 11 is 5.56. The minimum Gasteiger partial charge on any atom is -0.391 e. The van der Waals surface area contributed by atoms with E-state index >= 15 is 0 Å². The quantitative estimate of drug-likeness (QED) is 0.771. The average molecular weight is 204 g/mol. The molecule has 1 rings (SSSR count). The first-order chi connectivity index (χ1) is 6.02. The largest absolute Gasteiger partial charge is 0.391 e. The fourth-order valence-electron chi connectivity index (χ4n) is 1.03. The Balaban J connectivity index is 3.01. The molecule has 0 heterocycles. The lowest BCUT2D eigenvalue weighted by Crippen LogP contribution is -2.24. The Morgan fingerprint density at radius 3 is 2.62 bits per heavy atom. The zero-order valence-electron chi connectivity index (χ0n) is 7.17. The summed E-state index contributed by atoms with van der Waals surface area (Å²) in [6.45, 7) is 1.51. The topological polar surface area (TPSA) is 46.2 Å². The molecule has 0 aliphatic heterocycles. The summed E-state index contributed by atoms with van der Waals surface area (Å²) in [4.78, 5) is 0. The Bertz CT molecular complexity index is 304. The van der Waals surface area contributed by atoms with Crippen LogP contribution in [0.1, 0.15) is 18.5 Å². The third kappa shape index (κ3) is 2.40. The Kier molecular flexibility index (Phi) is 3.25. The molecule has 0 aliphatic carbocycles. The van der Waals surface area contributed by atoms with Crippen LogP contribution in [0.5, 0.6) is 0 Å². The second-order valence-corrected chi connectivity index (χ2v) is 3.37. The summed E-state index contributed by atoms with van der Waals surface area (Å²) in [6, 6.07) is 3.49. The second-order valence-electron chi connectivity index (χ2n) is 2.93. The minimum atomic E-state index is -0.782. The van der Waals surface area contributed by atoms with Gasteiger partial charge in [0.25, 0.3) is 0 Å². The fourth-order valence-corrected chi connectivity index (χ4v) is 1.19. The monoisotopic (exact) mass is 203 g/mol. The molecule has 0 radical (unpaired) electrons. The van der Waals surface area contributed by atoms with Crippen LogP contribution in [0.15, 0.2) is 18.2 Å². The molecule has 0 saturated carbocycles. The van der Waals surface area contributed by atoms with Gasteiger partial charge in [-0.05, 0) is 19.1 Å². The van der Waals surface area contributed by atoms with Crippen LogP contribution < -0.4 is 5.73 Å². The van der Waals surface area contributed by atoms with E-state index in [4.69, 9.17) is 22.4 Å². The van der Waals surface area contributed by atoms with Gasteiger partial charge < -0.3 is 10.8 Å². The summed E-state index contributed by atoms with van der Waals surface area (Å²) in [5, 5.41) is 9.46. The molecule has 0 bridgehead atoms. The Labute approximate surface area is 81.1 Å². The Morgan fingerprint density at radius 1 is 1.54 bits per heavy atom. The molecule has 0 aliphatic rings. The van der Waals surface area contributed by atoms with Crippen molar-refractivity contribution in [2.45, 2.75) is 19.1 Å². The maximum Gasteiger partial charge on any atom is 0.129 e. The third-order valence-electron chi connectivity index (χ3n) is 1.84. The van der Waals surface area contributed by atoms with Crippen molar-refractivity contribution >= 4 is 11.6 Å². The molecule has 3 N–H and O–H groups in total. The van der Waals surface area contributed by atoms with Gasteiger partial charge in [0, 0.05) is 10.6 Å². The first-order valence-corrected chi connectivity index (χ1v) is 4.28. The number of aliphatic hydroxyl groups is 1. The van der Waals surface area contributed by atoms with Gasteiger partial charge in [0.1, 0.15) is 5.82 Å². The highest BCUT2D eigenvalue weighted by molar-refractivity contribution is 6.30. The number of halogens is 2. The van der Waals surface area contributed by atoms with Gasteiger partial charge in [-0.3, -0.25) is 0 Å². The van der Waals surface area contributed by atoms with Gasteiger partial charge in [-0.2, -0.15) is 0 Å². The molecule has 2 nitrogen and oxygen atoms in total. The van der Waals surface area contributed by atoms with Crippen molar-refractivity contribution < 1.29 is 9.50 Å². The molecule has 0 saturated heterocycles. The minimum absolute atomic E-state index is 0.277. The van der Waals surface area contributed by atoms with E-state index < -0.39 is 18.0 Å². The normalized spacial score (nSPS) is 15.5. The van der Waals surface area contributed by atoms with Crippen LogP contribution >= 0.6 is 11.6 Å². The third-order valence-corrected chi connectivity index (χ3v) is 2.08. The molecule has 13 heavy (non-hydrogen) atoms. The average Bonchev–Trinajstić information content (AvgIpc) is 2.03. The number of hydrogen-bond acceptors (Lipinski definition) is 2. The number of hydrogen-bond donors (Lipinski definition) is 2. The zero-order chi connectivity index (χ0) is 10.0. The van der Waals surface area contributed by atoms with Gasteiger partial charge in [-0.15, -0.1) is 0 Å². The molecule has 0 aromatic heterocycles. The molecule has 1 aromatic rings. The predicted molar refractivity (Wildman–Crippen MR) is 50.0 cm³/mol. The first-order valence-electron chi connectivity index (χ1n) is 3.91. The lowest BCUT2D eigenvalue weighted by molar-refractivity contribution is 0.162. The molecule has 1 aromatic carbocycles. The van der Waals surface area contributed by atoms with Crippen molar-refractivity contribution in [2.75, 3.05) is 0 Å². The molecule has 0 fully saturated rings. The smallest absolute Gasteiger partial charge is 0.129 e. The molecule has 4 heteroatoms. The van der Waals surface area contributed by atoms with Gasteiger partial charge in [-0.1, -0.05) is 17.7 Å². The van der Waals surface area contributed by atoms with Crippen LogP contribution in [-0.2, 0) is 0 Å². The van der Waals surface area contributed by atoms with E-state index in [1.165, 1.54) is 19.1 Å². The van der Waals surface area contributed by atoms with Crippen LogP contribution in [0.25, 0.3) is 0 Å². The van der Waals surface area contributed by atoms with Crippen molar-refractivity contribution in [3.63, 3.8) is 0 Å². The number of aliphatic hydroxyl groups excluding tert-OH is 1. The van der Waals surface area contributed by atoms with E-state index in [-0.39, 0.29) is 5.56 Å². The number of nitrogens with two attached hydrogens (primary N) is 1. The predicted octanol–water partition coefficient (Wildman–Crippen LogP) is 1.86. The molecule has 0 unspecified atom stereocenters. The van der Waals surface area contributed by atoms with Crippen molar-refractivity contribution in [1.29, 1.82) is 0 Å². The van der Waals surface area contributed by atoms with Crippen LogP contribution in [0.4, 0.5) is 4.39 Å². The molecule has 2 atom stereocenters. The van der Waals surface area contributed by atoms with Gasteiger partial charge in [0.15, 0.2) is 0 Å². The maximum atomic E-state index is 13.2. The lowest BCUT2D eigenvalue weighted by Gasteiger charge is -2.15. The van der Waals surface area contributed by atoms with Crippen LogP contribution in [0, 0.1) is 5.82 Å². The van der Waals surface area contributed by atoms with Gasteiger partial charge in [0.2, 0.25) is 0 Å². The highest BCUT2D eigenvalue weighted by atomic mass is 35.5. The zero-order valence-corrected chi connectivity index (χ0v) is 7.92. The highest BCUT2D eigenvalue weighted by Gasteiger charge is 2.15. The molecule has 0 spiro atoms. The fraction of sp³-hybridized carbons (Fsp3) is 0.333. The summed E-state index contributed by atoms with van der Waals surface area (Å²) < 4.78 is 13.2. The maximum absolute atomic E-state index is 13.2. The van der Waals surface area contributed by atoms with E-state index in [1.54, 1.807) is 6.07 Å². The van der Waals surface area contributed by atoms with Gasteiger partial charge in [-0.25, -0.2) is 4.39 Å². The van der Waals surface area contributed by atoms with Crippen molar-refractivity contribution in [3.05, 3.63) is 34.6 Å². The van der Waals surface area contributed by atoms with E-state index in [9.17, 15) is 4.39 Å². The number of benzene rings is 1. The Morgan fingerprint density at radius 2 is 2.15 bits per heavy atom. The molecular formula is C9H11ClFNO. The second kappa shape index (κ2) is 4.05. The first kappa shape index (κ1) is 10.4. The van der Waals surface area contributed by atoms with E-state index in [0.717, 1.165) is 0 Å². The molecule has 72 valence electrons. The van der Waals surface area contributed by atoms with Crippen molar-refractivity contribution in [1.82, 2.24) is 0 Å². The van der Waals surface area contributed by atoms with Crippen molar-refractivity contribution in [3.8, 4) is 0 Å². The van der Waals surface area contributed by atoms with Crippen LogP contribution in [0.3, 0.4) is 0 Å². The number of rotatable bonds is 2. The van der Waals surface area contributed by atoms with E-state index in [2.05, 4.69) is 0 Å². The van der Waals surface area contributed by atoms with Gasteiger partial charge >= 0.3 is 0 Å². The van der Waals surface area contributed by atoms with E-state index in [1.807, 2.05) is 0 Å². The summed E-state index contributed by atoms with van der Waals surface area (Å²) in [5.41, 5.74) is 5.83. The summed E-state index contributed by atoms with van der Waals surface area (Å²) in [6.07, 6.45) is -0.782. The van der Waals surface area contributed by atoms with E-state index in [0.29, 0.717) is 5.02 Å². The Hall–Kier alpha value is -0.640.